The fourth-order valence-electron chi connectivity index (χ4n) is 1.81. The van der Waals surface area contributed by atoms with Crippen molar-refractivity contribution in [3.63, 3.8) is 0 Å². The Labute approximate surface area is 120 Å². The summed E-state index contributed by atoms with van der Waals surface area (Å²) in [6.07, 6.45) is 4.37. The van der Waals surface area contributed by atoms with E-state index in [9.17, 15) is 9.59 Å². The van der Waals surface area contributed by atoms with Crippen LogP contribution in [0.1, 0.15) is 42.1 Å². The van der Waals surface area contributed by atoms with Gasteiger partial charge in [-0.25, -0.2) is 0 Å². The van der Waals surface area contributed by atoms with E-state index in [1.165, 1.54) is 17.7 Å². The zero-order chi connectivity index (χ0) is 15.1. The van der Waals surface area contributed by atoms with Crippen molar-refractivity contribution in [3.8, 4) is 0 Å². The molecule has 0 aromatic heterocycles. The topological polar surface area (TPSA) is 34.1 Å². The Morgan fingerprint density at radius 1 is 1.15 bits per heavy atom. The monoisotopic (exact) mass is 268 g/mol. The highest BCUT2D eigenvalue weighted by Gasteiger charge is 2.14. The quantitative estimate of drug-likeness (QED) is 0.320. The molecule has 1 rings (SSSR count). The van der Waals surface area contributed by atoms with Crippen molar-refractivity contribution in [1.82, 2.24) is 0 Å². The molecule has 0 saturated heterocycles. The molecule has 1 aromatic rings. The van der Waals surface area contributed by atoms with Crippen molar-refractivity contribution in [2.45, 2.75) is 26.2 Å². The van der Waals surface area contributed by atoms with E-state index in [1.54, 1.807) is 18.2 Å². The Balaban J connectivity index is 2.81. The van der Waals surface area contributed by atoms with Crippen molar-refractivity contribution in [1.29, 1.82) is 0 Å². The number of rotatable bonds is 7. The number of allylic oxidation sites excluding steroid dienone is 4. The molecule has 0 aliphatic rings. The maximum Gasteiger partial charge on any atom is 0.170 e. The molecule has 0 aliphatic heterocycles. The molecule has 0 heterocycles. The molecule has 0 saturated carbocycles. The second-order valence-corrected chi connectivity index (χ2v) is 4.86. The highest BCUT2D eigenvalue weighted by molar-refractivity contribution is 6.14. The summed E-state index contributed by atoms with van der Waals surface area (Å²) in [5.41, 5.74) is 2.14. The van der Waals surface area contributed by atoms with Gasteiger partial charge in [-0.2, -0.15) is 0 Å². The lowest BCUT2D eigenvalue weighted by Gasteiger charge is -2.06. The van der Waals surface area contributed by atoms with Crippen molar-refractivity contribution >= 4 is 11.6 Å². The van der Waals surface area contributed by atoms with Gasteiger partial charge < -0.3 is 0 Å². The van der Waals surface area contributed by atoms with Crippen molar-refractivity contribution < 1.29 is 9.59 Å². The van der Waals surface area contributed by atoms with Crippen LogP contribution in [0.3, 0.4) is 0 Å². The molecule has 104 valence electrons. The van der Waals surface area contributed by atoms with E-state index in [-0.39, 0.29) is 18.0 Å². The fraction of sp³-hybridized carbons (Fsp3) is 0.222. The molecular formula is C18H20O2. The highest BCUT2D eigenvalue weighted by atomic mass is 16.1. The number of Topliss-reactive ketones (excluding diaryl/α,β-unsaturated/α-hetero) is 2. The Bertz CT molecular complexity index is 545. The lowest BCUT2D eigenvalue weighted by atomic mass is 9.97. The van der Waals surface area contributed by atoms with Crippen LogP contribution in [0.5, 0.6) is 0 Å². The number of benzene rings is 1. The minimum absolute atomic E-state index is 0.146. The number of hydrogen-bond donors (Lipinski definition) is 0. The lowest BCUT2D eigenvalue weighted by Crippen LogP contribution is -2.09. The summed E-state index contributed by atoms with van der Waals surface area (Å²) in [5.74, 6) is 0.00336. The predicted molar refractivity (Wildman–Crippen MR) is 83.0 cm³/mol. The van der Waals surface area contributed by atoms with Gasteiger partial charge in [-0.05, 0) is 11.5 Å². The van der Waals surface area contributed by atoms with Gasteiger partial charge in [0.1, 0.15) is 0 Å². The number of carbonyl (C=O) groups is 2. The maximum atomic E-state index is 12.1. The molecule has 2 heteroatoms. The average molecular weight is 268 g/mol. The first-order valence-corrected chi connectivity index (χ1v) is 6.61. The van der Waals surface area contributed by atoms with Crippen molar-refractivity contribution in [3.05, 3.63) is 72.4 Å². The van der Waals surface area contributed by atoms with E-state index in [2.05, 4.69) is 27.0 Å². The fourth-order valence-corrected chi connectivity index (χ4v) is 1.81. The molecule has 0 spiro atoms. The predicted octanol–water partition coefficient (Wildman–Crippen LogP) is 4.25. The van der Waals surface area contributed by atoms with E-state index in [1.807, 2.05) is 12.1 Å². The third kappa shape index (κ3) is 4.16. The van der Waals surface area contributed by atoms with Crippen LogP contribution in [0.15, 0.2) is 61.2 Å². The summed E-state index contributed by atoms with van der Waals surface area (Å²) in [6.45, 7) is 11.3. The van der Waals surface area contributed by atoms with Gasteiger partial charge in [-0.3, -0.25) is 9.59 Å². The summed E-state index contributed by atoms with van der Waals surface area (Å²) in [5, 5.41) is 0. The standard InChI is InChI=1S/C18H20O2/c1-5-7-14(6-2)17(19)12-18(20)16-10-8-15(9-11-16)13(3)4/h5-11,13H,1-2,12H2,3-4H3/b14-7+. The van der Waals surface area contributed by atoms with E-state index >= 15 is 0 Å². The molecular weight excluding hydrogens is 248 g/mol. The molecule has 0 amide bonds. The number of carbonyl (C=O) groups excluding carboxylic acids is 2. The Hall–Kier alpha value is -2.22. The number of ketones is 2. The van der Waals surface area contributed by atoms with Crippen molar-refractivity contribution in [2.75, 3.05) is 0 Å². The summed E-state index contributed by atoms with van der Waals surface area (Å²) < 4.78 is 0. The van der Waals surface area contributed by atoms with E-state index in [0.29, 0.717) is 17.1 Å². The van der Waals surface area contributed by atoms with E-state index in [4.69, 9.17) is 0 Å². The van der Waals surface area contributed by atoms with Gasteiger partial charge in [0.2, 0.25) is 0 Å². The molecule has 0 bridgehead atoms. The first-order valence-electron chi connectivity index (χ1n) is 6.61. The normalized spacial score (nSPS) is 11.2. The maximum absolute atomic E-state index is 12.1. The Morgan fingerprint density at radius 3 is 2.20 bits per heavy atom. The molecule has 0 aliphatic carbocycles. The SMILES string of the molecule is C=C/C=C(\C=C)C(=O)CC(=O)c1ccc(C(C)C)cc1. The second-order valence-electron chi connectivity index (χ2n) is 4.86. The summed E-state index contributed by atoms with van der Waals surface area (Å²) in [7, 11) is 0. The van der Waals surface area contributed by atoms with Gasteiger partial charge in [0.15, 0.2) is 11.6 Å². The number of hydrogen-bond acceptors (Lipinski definition) is 2. The van der Waals surface area contributed by atoms with Crippen LogP contribution in [0, 0.1) is 0 Å². The molecule has 0 atom stereocenters. The average Bonchev–Trinajstić information content (AvgIpc) is 2.44. The minimum Gasteiger partial charge on any atom is -0.294 e. The van der Waals surface area contributed by atoms with Gasteiger partial charge in [0.05, 0.1) is 6.42 Å². The largest absolute Gasteiger partial charge is 0.294 e. The molecule has 0 radical (unpaired) electrons. The molecule has 1 aromatic carbocycles. The zero-order valence-corrected chi connectivity index (χ0v) is 12.1. The third-order valence-corrected chi connectivity index (χ3v) is 3.06. The van der Waals surface area contributed by atoms with Gasteiger partial charge in [-0.15, -0.1) is 0 Å². The summed E-state index contributed by atoms with van der Waals surface area (Å²) in [6, 6.07) is 7.40. The Kier molecular flexibility index (Phi) is 5.85. The van der Waals surface area contributed by atoms with Crippen LogP contribution in [-0.2, 0) is 4.79 Å². The van der Waals surface area contributed by atoms with Gasteiger partial charge in [-0.1, -0.05) is 69.5 Å². The molecule has 0 unspecified atom stereocenters. The first kappa shape index (κ1) is 15.8. The smallest absolute Gasteiger partial charge is 0.170 e. The zero-order valence-electron chi connectivity index (χ0n) is 12.1. The van der Waals surface area contributed by atoms with Gasteiger partial charge >= 0.3 is 0 Å². The molecule has 0 N–H and O–H groups in total. The lowest BCUT2D eigenvalue weighted by molar-refractivity contribution is -0.114. The van der Waals surface area contributed by atoms with E-state index in [0.717, 1.165) is 0 Å². The van der Waals surface area contributed by atoms with Crippen LogP contribution in [0.2, 0.25) is 0 Å². The van der Waals surface area contributed by atoms with Crippen LogP contribution < -0.4 is 0 Å². The van der Waals surface area contributed by atoms with Gasteiger partial charge in [0, 0.05) is 11.1 Å². The third-order valence-electron chi connectivity index (χ3n) is 3.06. The van der Waals surface area contributed by atoms with Crippen LogP contribution in [0.4, 0.5) is 0 Å². The molecule has 2 nitrogen and oxygen atoms in total. The van der Waals surface area contributed by atoms with Crippen LogP contribution in [0.25, 0.3) is 0 Å². The van der Waals surface area contributed by atoms with Crippen LogP contribution >= 0.6 is 0 Å². The summed E-state index contributed by atoms with van der Waals surface area (Å²) in [4.78, 5) is 24.0. The van der Waals surface area contributed by atoms with Crippen molar-refractivity contribution in [2.24, 2.45) is 0 Å². The molecule has 0 fully saturated rings. The Morgan fingerprint density at radius 2 is 1.75 bits per heavy atom. The minimum atomic E-state index is -0.238. The first-order chi connectivity index (χ1) is 9.49. The summed E-state index contributed by atoms with van der Waals surface area (Å²) >= 11 is 0. The van der Waals surface area contributed by atoms with Crippen LogP contribution in [-0.4, -0.2) is 11.6 Å². The van der Waals surface area contributed by atoms with E-state index < -0.39 is 0 Å². The van der Waals surface area contributed by atoms with Gasteiger partial charge in [0.25, 0.3) is 0 Å². The molecule has 20 heavy (non-hydrogen) atoms. The second kappa shape index (κ2) is 7.39. The highest BCUT2D eigenvalue weighted by Crippen LogP contribution is 2.16.